The molecule has 0 aliphatic rings. The third-order valence-corrected chi connectivity index (χ3v) is 3.29. The zero-order valence-corrected chi connectivity index (χ0v) is 11.3. The van der Waals surface area contributed by atoms with Gasteiger partial charge in [0.05, 0.1) is 5.39 Å². The molecule has 3 aromatic heterocycles. The molecular formula is C13H9ClN6. The molecule has 0 spiro atoms. The molecular weight excluding hydrogens is 276 g/mol. The maximum absolute atomic E-state index is 6.00. The highest BCUT2D eigenvalue weighted by Crippen LogP contribution is 2.22. The third-order valence-electron chi connectivity index (χ3n) is 3.05. The maximum atomic E-state index is 6.00. The molecule has 4 rings (SSSR count). The van der Waals surface area contributed by atoms with Crippen LogP contribution in [0.5, 0.6) is 0 Å². The lowest BCUT2D eigenvalue weighted by molar-refractivity contribution is 0.775. The molecule has 0 aliphatic carbocycles. The van der Waals surface area contributed by atoms with Crippen molar-refractivity contribution >= 4 is 28.3 Å². The van der Waals surface area contributed by atoms with Gasteiger partial charge in [-0.05, 0) is 12.1 Å². The summed E-state index contributed by atoms with van der Waals surface area (Å²) in [5, 5.41) is 10.2. The van der Waals surface area contributed by atoms with Gasteiger partial charge in [-0.3, -0.25) is 4.68 Å². The van der Waals surface area contributed by atoms with Gasteiger partial charge in [-0.2, -0.15) is 5.10 Å². The molecule has 98 valence electrons. The van der Waals surface area contributed by atoms with Gasteiger partial charge in [0.2, 0.25) is 0 Å². The number of fused-ring (bicyclic) bond motifs is 3. The van der Waals surface area contributed by atoms with E-state index < -0.39 is 0 Å². The molecule has 3 heterocycles. The first-order valence-corrected chi connectivity index (χ1v) is 6.39. The van der Waals surface area contributed by atoms with E-state index in [1.165, 1.54) is 0 Å². The van der Waals surface area contributed by atoms with Crippen molar-refractivity contribution in [3.05, 3.63) is 41.8 Å². The van der Waals surface area contributed by atoms with Gasteiger partial charge in [-0.1, -0.05) is 23.7 Å². The van der Waals surface area contributed by atoms with Gasteiger partial charge in [-0.25, -0.2) is 14.5 Å². The number of aromatic nitrogens is 6. The maximum Gasteiger partial charge on any atom is 0.186 e. The quantitative estimate of drug-likeness (QED) is 0.538. The number of hydrogen-bond donors (Lipinski definition) is 0. The predicted molar refractivity (Wildman–Crippen MR) is 75.5 cm³/mol. The highest BCUT2D eigenvalue weighted by Gasteiger charge is 2.12. The molecule has 0 unspecified atom stereocenters. The van der Waals surface area contributed by atoms with Crippen LogP contribution in [0.25, 0.3) is 28.1 Å². The normalized spacial score (nSPS) is 11.5. The van der Waals surface area contributed by atoms with E-state index >= 15 is 0 Å². The summed E-state index contributed by atoms with van der Waals surface area (Å²) in [4.78, 5) is 8.82. The Bertz CT molecular complexity index is 938. The lowest BCUT2D eigenvalue weighted by Gasteiger charge is -1.94. The summed E-state index contributed by atoms with van der Waals surface area (Å²) in [6.07, 6.45) is 3.50. The minimum Gasteiger partial charge on any atom is -0.273 e. The molecule has 0 saturated heterocycles. The average molecular weight is 285 g/mol. The van der Waals surface area contributed by atoms with Crippen molar-refractivity contribution in [2.24, 2.45) is 7.05 Å². The van der Waals surface area contributed by atoms with Crippen molar-refractivity contribution in [3.8, 4) is 11.4 Å². The van der Waals surface area contributed by atoms with Crippen molar-refractivity contribution in [2.45, 2.75) is 0 Å². The standard InChI is InChI=1S/C13H9ClN6/c1-19-6-10-12(17-19)15-7-20-13(10)16-11(18-20)8-3-2-4-9(14)5-8/h2-7H,1H3. The first-order valence-electron chi connectivity index (χ1n) is 6.01. The largest absolute Gasteiger partial charge is 0.273 e. The summed E-state index contributed by atoms with van der Waals surface area (Å²) in [7, 11) is 1.85. The van der Waals surface area contributed by atoms with Gasteiger partial charge in [0.15, 0.2) is 17.1 Å². The second kappa shape index (κ2) is 4.01. The van der Waals surface area contributed by atoms with Crippen molar-refractivity contribution in [1.82, 2.24) is 29.4 Å². The van der Waals surface area contributed by atoms with Crippen LogP contribution in [-0.2, 0) is 7.05 Å². The Kier molecular flexibility index (Phi) is 2.28. The summed E-state index contributed by atoms with van der Waals surface area (Å²) in [5.41, 5.74) is 2.27. The average Bonchev–Trinajstić information content (AvgIpc) is 3.00. The molecule has 0 aliphatic heterocycles. The van der Waals surface area contributed by atoms with Crippen molar-refractivity contribution in [1.29, 1.82) is 0 Å². The minimum atomic E-state index is 0.616. The molecule has 1 aromatic carbocycles. The molecule has 0 N–H and O–H groups in total. The van der Waals surface area contributed by atoms with E-state index in [0.29, 0.717) is 16.5 Å². The van der Waals surface area contributed by atoms with Gasteiger partial charge < -0.3 is 0 Å². The first-order chi connectivity index (χ1) is 9.70. The summed E-state index contributed by atoms with van der Waals surface area (Å²) >= 11 is 6.00. The van der Waals surface area contributed by atoms with Crippen LogP contribution in [0.3, 0.4) is 0 Å². The fourth-order valence-electron chi connectivity index (χ4n) is 2.18. The SMILES string of the molecule is Cn1cc2c(ncn3nc(-c4cccc(Cl)c4)nc23)n1. The molecule has 6 nitrogen and oxygen atoms in total. The van der Waals surface area contributed by atoms with Crippen molar-refractivity contribution in [2.75, 3.05) is 0 Å². The predicted octanol–water partition coefficient (Wildman–Crippen LogP) is 2.33. The van der Waals surface area contributed by atoms with Crippen LogP contribution in [0, 0.1) is 0 Å². The molecule has 0 saturated carbocycles. The Morgan fingerprint density at radius 3 is 2.95 bits per heavy atom. The molecule has 7 heteroatoms. The van der Waals surface area contributed by atoms with E-state index in [0.717, 1.165) is 16.6 Å². The number of halogens is 1. The van der Waals surface area contributed by atoms with E-state index in [-0.39, 0.29) is 0 Å². The van der Waals surface area contributed by atoms with E-state index in [1.807, 2.05) is 37.5 Å². The van der Waals surface area contributed by atoms with Gasteiger partial charge in [-0.15, -0.1) is 5.10 Å². The molecule has 0 bridgehead atoms. The lowest BCUT2D eigenvalue weighted by Crippen LogP contribution is -1.90. The first kappa shape index (κ1) is 11.4. The Morgan fingerprint density at radius 1 is 1.20 bits per heavy atom. The number of benzene rings is 1. The van der Waals surface area contributed by atoms with E-state index in [1.54, 1.807) is 15.5 Å². The molecule has 0 radical (unpaired) electrons. The van der Waals surface area contributed by atoms with Crippen LogP contribution in [0.15, 0.2) is 36.8 Å². The summed E-state index contributed by atoms with van der Waals surface area (Å²) < 4.78 is 3.37. The Labute approximate surface area is 118 Å². The van der Waals surface area contributed by atoms with Crippen LogP contribution in [-0.4, -0.2) is 29.4 Å². The number of nitrogens with zero attached hydrogens (tertiary/aromatic N) is 6. The second-order valence-electron chi connectivity index (χ2n) is 4.50. The molecule has 0 amide bonds. The molecule has 0 atom stereocenters. The second-order valence-corrected chi connectivity index (χ2v) is 4.93. The Hall–Kier alpha value is -2.47. The monoisotopic (exact) mass is 284 g/mol. The zero-order chi connectivity index (χ0) is 13.7. The smallest absolute Gasteiger partial charge is 0.186 e. The minimum absolute atomic E-state index is 0.616. The highest BCUT2D eigenvalue weighted by atomic mass is 35.5. The third kappa shape index (κ3) is 1.65. The molecule has 4 aromatic rings. The van der Waals surface area contributed by atoms with Crippen molar-refractivity contribution < 1.29 is 0 Å². The Balaban J connectivity index is 2.00. The Morgan fingerprint density at radius 2 is 2.10 bits per heavy atom. The fraction of sp³-hybridized carbons (Fsp3) is 0.0769. The summed E-state index contributed by atoms with van der Waals surface area (Å²) in [6.45, 7) is 0. The van der Waals surface area contributed by atoms with Crippen LogP contribution in [0.1, 0.15) is 0 Å². The van der Waals surface area contributed by atoms with Crippen molar-refractivity contribution in [3.63, 3.8) is 0 Å². The molecule has 20 heavy (non-hydrogen) atoms. The topological polar surface area (TPSA) is 60.9 Å². The number of rotatable bonds is 1. The van der Waals surface area contributed by atoms with E-state index in [9.17, 15) is 0 Å². The van der Waals surface area contributed by atoms with Gasteiger partial charge in [0.25, 0.3) is 0 Å². The summed E-state index contributed by atoms with van der Waals surface area (Å²) in [5.74, 6) is 0.616. The van der Waals surface area contributed by atoms with Gasteiger partial charge in [0.1, 0.15) is 6.33 Å². The van der Waals surface area contributed by atoms with Gasteiger partial charge >= 0.3 is 0 Å². The van der Waals surface area contributed by atoms with Crippen LogP contribution < -0.4 is 0 Å². The van der Waals surface area contributed by atoms with Crippen LogP contribution in [0.4, 0.5) is 0 Å². The highest BCUT2D eigenvalue weighted by molar-refractivity contribution is 6.30. The van der Waals surface area contributed by atoms with Gasteiger partial charge in [0, 0.05) is 23.8 Å². The van der Waals surface area contributed by atoms with E-state index in [2.05, 4.69) is 20.2 Å². The number of aryl methyl sites for hydroxylation is 1. The van der Waals surface area contributed by atoms with Crippen LogP contribution >= 0.6 is 11.6 Å². The summed E-state index contributed by atoms with van der Waals surface area (Å²) in [6, 6.07) is 7.46. The molecule has 0 fully saturated rings. The van der Waals surface area contributed by atoms with Crippen LogP contribution in [0.2, 0.25) is 5.02 Å². The zero-order valence-electron chi connectivity index (χ0n) is 10.5. The number of hydrogen-bond acceptors (Lipinski definition) is 4. The fourth-order valence-corrected chi connectivity index (χ4v) is 2.37. The van der Waals surface area contributed by atoms with E-state index in [4.69, 9.17) is 11.6 Å². The lowest BCUT2D eigenvalue weighted by atomic mass is 10.2.